The Bertz CT molecular complexity index is 1560. The van der Waals surface area contributed by atoms with Gasteiger partial charge in [-0.25, -0.2) is 9.67 Å². The van der Waals surface area contributed by atoms with E-state index < -0.39 is 17.6 Å². The zero-order valence-corrected chi connectivity index (χ0v) is 23.1. The molecule has 210 valence electrons. The number of carbonyl (C=O) groups excluding carboxylic acids is 2. The maximum atomic E-state index is 13.8. The molecule has 0 aliphatic rings. The Hall–Kier alpha value is -4.30. The van der Waals surface area contributed by atoms with Gasteiger partial charge < -0.3 is 20.3 Å². The zero-order valence-electron chi connectivity index (χ0n) is 22.3. The molecule has 0 spiro atoms. The lowest BCUT2D eigenvalue weighted by molar-refractivity contribution is -0.138. The van der Waals surface area contributed by atoms with Crippen molar-refractivity contribution in [2.75, 3.05) is 31.8 Å². The Morgan fingerprint density at radius 2 is 1.90 bits per heavy atom. The minimum atomic E-state index is -4.68. The Morgan fingerprint density at radius 1 is 1.15 bits per heavy atom. The zero-order chi connectivity index (χ0) is 29.2. The maximum Gasteiger partial charge on any atom is 0.420 e. The lowest BCUT2D eigenvalue weighted by Gasteiger charge is -2.20. The molecule has 0 saturated carbocycles. The molecule has 0 unspecified atom stereocenters. The largest absolute Gasteiger partial charge is 0.496 e. The van der Waals surface area contributed by atoms with Gasteiger partial charge in [0, 0.05) is 36.5 Å². The Labute approximate surface area is 231 Å². The summed E-state index contributed by atoms with van der Waals surface area (Å²) in [6.07, 6.45) is -1.47. The molecule has 2 N–H and O–H groups in total. The molecule has 2 aromatic carbocycles. The van der Waals surface area contributed by atoms with E-state index in [2.05, 4.69) is 25.9 Å². The van der Waals surface area contributed by atoms with Gasteiger partial charge in [0.15, 0.2) is 5.13 Å². The number of nitrogens with one attached hydrogen (secondary N) is 2. The molecule has 4 aromatic rings. The summed E-state index contributed by atoms with van der Waals surface area (Å²) in [5.74, 6) is -1.13. The van der Waals surface area contributed by atoms with E-state index >= 15 is 0 Å². The number of amides is 2. The van der Waals surface area contributed by atoms with Gasteiger partial charge in [-0.3, -0.25) is 9.59 Å². The number of hydrogen-bond donors (Lipinski definition) is 2. The molecule has 40 heavy (non-hydrogen) atoms. The molecule has 0 bridgehead atoms. The van der Waals surface area contributed by atoms with Crippen molar-refractivity contribution < 1.29 is 27.5 Å². The van der Waals surface area contributed by atoms with E-state index in [4.69, 9.17) is 4.74 Å². The number of aryl methyl sites for hydroxylation is 1. The second-order valence-corrected chi connectivity index (χ2v) is 10.2. The first kappa shape index (κ1) is 28.7. The van der Waals surface area contributed by atoms with E-state index in [0.717, 1.165) is 11.6 Å². The Balaban J connectivity index is 1.63. The van der Waals surface area contributed by atoms with Crippen molar-refractivity contribution in [1.82, 2.24) is 24.9 Å². The second-order valence-electron chi connectivity index (χ2n) is 9.17. The van der Waals surface area contributed by atoms with E-state index in [-0.39, 0.29) is 35.0 Å². The normalized spacial score (nSPS) is 11.5. The maximum absolute atomic E-state index is 13.8. The molecular weight excluding hydrogens is 547 g/mol. The van der Waals surface area contributed by atoms with Gasteiger partial charge in [0.2, 0.25) is 5.91 Å². The second kappa shape index (κ2) is 11.4. The summed E-state index contributed by atoms with van der Waals surface area (Å²) in [7, 11) is 4.62. The Kier molecular flexibility index (Phi) is 8.21. The molecule has 0 radical (unpaired) electrons. The van der Waals surface area contributed by atoms with Crippen LogP contribution < -0.4 is 15.4 Å². The minimum absolute atomic E-state index is 0.0136. The molecule has 0 atom stereocenters. The molecule has 2 heterocycles. The standard InChI is InChI=1S/C26H26F3N7O3S/c1-14-6-7-16(9-21(14)36-13-20(33-34-36)22-11-30-25(40-22)31-15(2)37)24(38)32-18-8-17(12-35(3)4)23(39-5)19(10-18)26(27,28)29/h6-11,13H,12H2,1-5H3,(H,32,38)(H,30,31,37). The van der Waals surface area contributed by atoms with Crippen LogP contribution in [0.15, 0.2) is 42.7 Å². The molecule has 0 saturated heterocycles. The molecule has 0 aliphatic carbocycles. The molecule has 4 rings (SSSR count). The van der Waals surface area contributed by atoms with Crippen molar-refractivity contribution >= 4 is 34.0 Å². The smallest absolute Gasteiger partial charge is 0.420 e. The number of thiazole rings is 1. The summed E-state index contributed by atoms with van der Waals surface area (Å²) in [5.41, 5.74) is 1.35. The fourth-order valence-electron chi connectivity index (χ4n) is 3.97. The summed E-state index contributed by atoms with van der Waals surface area (Å²) in [6, 6.07) is 7.19. The van der Waals surface area contributed by atoms with Crippen LogP contribution in [0.2, 0.25) is 0 Å². The fourth-order valence-corrected chi connectivity index (χ4v) is 4.78. The number of hydrogen-bond acceptors (Lipinski definition) is 8. The third-order valence-electron chi connectivity index (χ3n) is 5.67. The number of nitrogens with zero attached hydrogens (tertiary/aromatic N) is 5. The van der Waals surface area contributed by atoms with E-state index in [1.165, 1.54) is 36.1 Å². The van der Waals surface area contributed by atoms with Gasteiger partial charge in [0.25, 0.3) is 5.91 Å². The van der Waals surface area contributed by atoms with Gasteiger partial charge in [0.1, 0.15) is 11.4 Å². The lowest BCUT2D eigenvalue weighted by Crippen LogP contribution is -2.18. The summed E-state index contributed by atoms with van der Waals surface area (Å²) in [5, 5.41) is 13.9. The SMILES string of the molecule is COc1c(CN(C)C)cc(NC(=O)c2ccc(C)c(-n3cc(-c4cnc(NC(C)=O)s4)nn3)c2)cc1C(F)(F)F. The molecule has 2 aromatic heterocycles. The quantitative estimate of drug-likeness (QED) is 0.305. The number of ether oxygens (including phenoxy) is 1. The van der Waals surface area contributed by atoms with Crippen molar-refractivity contribution in [2.45, 2.75) is 26.6 Å². The van der Waals surface area contributed by atoms with Gasteiger partial charge in [0.05, 0.1) is 29.4 Å². The highest BCUT2D eigenvalue weighted by molar-refractivity contribution is 7.19. The average molecular weight is 574 g/mol. The van der Waals surface area contributed by atoms with Crippen LogP contribution in [0.25, 0.3) is 16.3 Å². The lowest BCUT2D eigenvalue weighted by atomic mass is 10.0. The van der Waals surface area contributed by atoms with Crippen LogP contribution in [0, 0.1) is 6.92 Å². The predicted molar refractivity (Wildman–Crippen MR) is 145 cm³/mol. The van der Waals surface area contributed by atoms with Gasteiger partial charge >= 0.3 is 6.18 Å². The number of anilines is 2. The number of alkyl halides is 3. The highest BCUT2D eigenvalue weighted by Gasteiger charge is 2.36. The van der Waals surface area contributed by atoms with Gasteiger partial charge in [-0.2, -0.15) is 13.2 Å². The number of benzene rings is 2. The van der Waals surface area contributed by atoms with Crippen LogP contribution in [-0.2, 0) is 17.5 Å². The summed E-state index contributed by atoms with van der Waals surface area (Å²) in [6.45, 7) is 3.38. The van der Waals surface area contributed by atoms with Crippen LogP contribution in [-0.4, -0.2) is 57.9 Å². The van der Waals surface area contributed by atoms with E-state index in [9.17, 15) is 22.8 Å². The number of rotatable bonds is 8. The highest BCUT2D eigenvalue weighted by atomic mass is 32.1. The first-order chi connectivity index (χ1) is 18.8. The van der Waals surface area contributed by atoms with Gasteiger partial charge in [-0.1, -0.05) is 22.6 Å². The molecule has 10 nitrogen and oxygen atoms in total. The van der Waals surface area contributed by atoms with Crippen LogP contribution in [0.4, 0.5) is 24.0 Å². The monoisotopic (exact) mass is 573 g/mol. The summed E-state index contributed by atoms with van der Waals surface area (Å²) in [4.78, 5) is 30.9. The molecule has 0 aliphatic heterocycles. The number of carbonyl (C=O) groups is 2. The third kappa shape index (κ3) is 6.46. The van der Waals surface area contributed by atoms with Crippen LogP contribution in [0.5, 0.6) is 5.75 Å². The fraction of sp³-hybridized carbons (Fsp3) is 0.269. The average Bonchev–Trinajstić information content (AvgIpc) is 3.52. The molecular formula is C26H26F3N7O3S. The van der Waals surface area contributed by atoms with Crippen molar-refractivity contribution in [3.63, 3.8) is 0 Å². The first-order valence-corrected chi connectivity index (χ1v) is 12.7. The van der Waals surface area contributed by atoms with Gasteiger partial charge in [-0.05, 0) is 50.8 Å². The summed E-state index contributed by atoms with van der Waals surface area (Å²) < 4.78 is 48.0. The van der Waals surface area contributed by atoms with E-state index in [0.29, 0.717) is 21.4 Å². The molecule has 2 amide bonds. The first-order valence-electron chi connectivity index (χ1n) is 11.9. The molecule has 14 heteroatoms. The van der Waals surface area contributed by atoms with Gasteiger partial charge in [-0.15, -0.1) is 5.10 Å². The Morgan fingerprint density at radius 3 is 2.55 bits per heavy atom. The van der Waals surface area contributed by atoms with Crippen molar-refractivity contribution in [3.8, 4) is 22.0 Å². The molecule has 0 fully saturated rings. The number of aromatic nitrogens is 4. The third-order valence-corrected chi connectivity index (χ3v) is 6.61. The predicted octanol–water partition coefficient (Wildman–Crippen LogP) is 5.00. The van der Waals surface area contributed by atoms with E-state index in [1.54, 1.807) is 49.6 Å². The van der Waals surface area contributed by atoms with Crippen LogP contribution in [0.1, 0.15) is 34.0 Å². The summed E-state index contributed by atoms with van der Waals surface area (Å²) >= 11 is 1.23. The van der Waals surface area contributed by atoms with Crippen molar-refractivity contribution in [1.29, 1.82) is 0 Å². The van der Waals surface area contributed by atoms with Crippen molar-refractivity contribution in [2.24, 2.45) is 0 Å². The van der Waals surface area contributed by atoms with E-state index in [1.807, 2.05) is 6.92 Å². The number of methoxy groups -OCH3 is 1. The topological polar surface area (TPSA) is 114 Å². The minimum Gasteiger partial charge on any atom is -0.496 e. The van der Waals surface area contributed by atoms with Crippen LogP contribution >= 0.6 is 11.3 Å². The van der Waals surface area contributed by atoms with Crippen molar-refractivity contribution in [3.05, 3.63) is 65.0 Å². The van der Waals surface area contributed by atoms with Crippen LogP contribution in [0.3, 0.4) is 0 Å². The highest BCUT2D eigenvalue weighted by Crippen LogP contribution is 2.40. The number of halogens is 3.